The molecule has 3 rings (SSSR count). The third-order valence-corrected chi connectivity index (χ3v) is 10.7. The van der Waals surface area contributed by atoms with Crippen LogP contribution in [-0.2, 0) is 37.0 Å². The summed E-state index contributed by atoms with van der Waals surface area (Å²) in [4.78, 5) is 0.0587. The highest BCUT2D eigenvalue weighted by Gasteiger charge is 2.28. The van der Waals surface area contributed by atoms with Crippen molar-refractivity contribution in [1.29, 1.82) is 4.78 Å². The Labute approximate surface area is 219 Å². The van der Waals surface area contributed by atoms with Crippen molar-refractivity contribution in [2.45, 2.75) is 56.2 Å². The Bertz CT molecular complexity index is 1270. The Hall–Kier alpha value is -1.91. The summed E-state index contributed by atoms with van der Waals surface area (Å²) in [6.07, 6.45) is 4.69. The molecular formula is C26H38N2O5S3. The number of nitrogens with zero attached hydrogens (tertiary/aromatic N) is 1. The van der Waals surface area contributed by atoms with Crippen LogP contribution in [0.5, 0.6) is 5.75 Å². The molecule has 0 aromatic heterocycles. The van der Waals surface area contributed by atoms with Crippen molar-refractivity contribution in [3.63, 3.8) is 0 Å². The summed E-state index contributed by atoms with van der Waals surface area (Å²) in [5.41, 5.74) is 1.68. The maximum atomic E-state index is 13.8. The largest absolute Gasteiger partial charge is 0.492 e. The number of sulfonamides is 1. The predicted molar refractivity (Wildman–Crippen MR) is 147 cm³/mol. The molecule has 10 heteroatoms. The van der Waals surface area contributed by atoms with Crippen LogP contribution in [0.2, 0.25) is 0 Å². The summed E-state index contributed by atoms with van der Waals surface area (Å²) in [7, 11) is -8.03. The molecule has 1 aliphatic rings. The van der Waals surface area contributed by atoms with E-state index < -0.39 is 30.6 Å². The summed E-state index contributed by atoms with van der Waals surface area (Å²) >= 11 is 0. The summed E-state index contributed by atoms with van der Waals surface area (Å²) in [5, 5.41) is 0. The van der Waals surface area contributed by atoms with Crippen LogP contribution in [0.3, 0.4) is 0 Å². The van der Waals surface area contributed by atoms with Crippen molar-refractivity contribution in [1.82, 2.24) is 0 Å². The fraction of sp³-hybridized carbons (Fsp3) is 0.538. The molecule has 2 aromatic rings. The molecular weight excluding hydrogens is 516 g/mol. The number of hydrogen-bond donors (Lipinski definition) is 1. The summed E-state index contributed by atoms with van der Waals surface area (Å²) < 4.78 is 67.9. The lowest BCUT2D eigenvalue weighted by Gasteiger charge is -2.27. The normalized spacial score (nSPS) is 20.5. The van der Waals surface area contributed by atoms with Crippen LogP contribution in [0.4, 0.5) is 5.69 Å². The van der Waals surface area contributed by atoms with Gasteiger partial charge in [0.05, 0.1) is 31.8 Å². The van der Waals surface area contributed by atoms with Gasteiger partial charge in [-0.05, 0) is 73.4 Å². The number of hydrogen-bond acceptors (Lipinski definition) is 6. The van der Waals surface area contributed by atoms with E-state index in [0.29, 0.717) is 23.8 Å². The molecule has 0 amide bonds. The molecule has 0 radical (unpaired) electrons. The van der Waals surface area contributed by atoms with Crippen molar-refractivity contribution in [3.05, 3.63) is 48.0 Å². The Morgan fingerprint density at radius 2 is 1.78 bits per heavy atom. The zero-order chi connectivity index (χ0) is 26.5. The molecule has 1 aliphatic heterocycles. The van der Waals surface area contributed by atoms with Crippen LogP contribution in [0.25, 0.3) is 0 Å². The van der Waals surface area contributed by atoms with E-state index in [0.717, 1.165) is 31.2 Å². The lowest BCUT2D eigenvalue weighted by atomic mass is 10.0. The number of anilines is 1. The Morgan fingerprint density at radius 1 is 1.08 bits per heavy atom. The van der Waals surface area contributed by atoms with Gasteiger partial charge in [-0.15, -0.1) is 0 Å². The first-order chi connectivity index (χ1) is 16.9. The second-order valence-corrected chi connectivity index (χ2v) is 15.5. The van der Waals surface area contributed by atoms with Gasteiger partial charge in [0.25, 0.3) is 10.0 Å². The molecule has 7 nitrogen and oxygen atoms in total. The van der Waals surface area contributed by atoms with E-state index in [1.165, 1.54) is 28.8 Å². The first kappa shape index (κ1) is 28.7. The smallest absolute Gasteiger partial charge is 0.264 e. The lowest BCUT2D eigenvalue weighted by molar-refractivity contribution is 0.232. The molecule has 36 heavy (non-hydrogen) atoms. The maximum absolute atomic E-state index is 13.8. The SMILES string of the molecule is CCc1ccc(N(CC(C)C)S(=O)(=O)c2ccc(OCC3CCCS(=O)CC3)c(S(C)(=N)=O)c2)cc1. The van der Waals surface area contributed by atoms with Gasteiger partial charge in [-0.2, -0.15) is 0 Å². The van der Waals surface area contributed by atoms with Crippen molar-refractivity contribution in [3.8, 4) is 5.75 Å². The molecule has 0 bridgehead atoms. The number of ether oxygens (including phenoxy) is 1. The van der Waals surface area contributed by atoms with Gasteiger partial charge in [-0.25, -0.2) is 17.4 Å². The molecule has 0 saturated carbocycles. The van der Waals surface area contributed by atoms with Crippen LogP contribution in [0, 0.1) is 16.6 Å². The Kier molecular flexibility index (Phi) is 9.62. The summed E-state index contributed by atoms with van der Waals surface area (Å²) in [5.74, 6) is 1.92. The highest BCUT2D eigenvalue weighted by Crippen LogP contribution is 2.32. The number of rotatable bonds is 10. The number of aryl methyl sites for hydroxylation is 1. The zero-order valence-corrected chi connectivity index (χ0v) is 24.0. The van der Waals surface area contributed by atoms with Gasteiger partial charge in [0, 0.05) is 35.1 Å². The number of nitrogens with one attached hydrogen (secondary N) is 1. The monoisotopic (exact) mass is 554 g/mol. The van der Waals surface area contributed by atoms with E-state index in [9.17, 15) is 16.8 Å². The minimum absolute atomic E-state index is 0.0169. The molecule has 0 spiro atoms. The highest BCUT2D eigenvalue weighted by atomic mass is 32.2. The van der Waals surface area contributed by atoms with E-state index in [4.69, 9.17) is 9.52 Å². The van der Waals surface area contributed by atoms with Gasteiger partial charge in [0.1, 0.15) is 5.75 Å². The fourth-order valence-corrected chi connectivity index (χ4v) is 8.10. The van der Waals surface area contributed by atoms with E-state index in [-0.39, 0.29) is 33.9 Å². The van der Waals surface area contributed by atoms with Crippen molar-refractivity contribution in [2.75, 3.05) is 35.2 Å². The summed E-state index contributed by atoms with van der Waals surface area (Å²) in [6.45, 7) is 6.60. The van der Waals surface area contributed by atoms with Crippen LogP contribution >= 0.6 is 0 Å². The molecule has 3 unspecified atom stereocenters. The Balaban J connectivity index is 1.94. The van der Waals surface area contributed by atoms with E-state index >= 15 is 0 Å². The Morgan fingerprint density at radius 3 is 2.39 bits per heavy atom. The molecule has 2 aromatic carbocycles. The molecule has 0 aliphatic carbocycles. The molecule has 1 N–H and O–H groups in total. The molecule has 3 atom stereocenters. The van der Waals surface area contributed by atoms with E-state index in [1.54, 1.807) is 0 Å². The number of benzene rings is 2. The third-order valence-electron chi connectivity index (χ3n) is 6.30. The average molecular weight is 555 g/mol. The van der Waals surface area contributed by atoms with Gasteiger partial charge >= 0.3 is 0 Å². The zero-order valence-electron chi connectivity index (χ0n) is 21.6. The quantitative estimate of drug-likeness (QED) is 0.442. The topological polar surface area (TPSA) is 105 Å². The van der Waals surface area contributed by atoms with Crippen LogP contribution in [0.1, 0.15) is 45.6 Å². The minimum atomic E-state index is -3.98. The van der Waals surface area contributed by atoms with Crippen LogP contribution < -0.4 is 9.04 Å². The second-order valence-electron chi connectivity index (χ2n) is 9.86. The molecule has 1 saturated heterocycles. The van der Waals surface area contributed by atoms with Crippen molar-refractivity contribution < 1.29 is 21.6 Å². The van der Waals surface area contributed by atoms with Gasteiger partial charge in [-0.3, -0.25) is 8.51 Å². The van der Waals surface area contributed by atoms with Crippen molar-refractivity contribution >= 4 is 36.2 Å². The minimum Gasteiger partial charge on any atom is -0.492 e. The highest BCUT2D eigenvalue weighted by molar-refractivity contribution is 7.93. The predicted octanol–water partition coefficient (Wildman–Crippen LogP) is 5.06. The first-order valence-corrected chi connectivity index (χ1v) is 17.3. The van der Waals surface area contributed by atoms with Gasteiger partial charge in [-0.1, -0.05) is 32.9 Å². The van der Waals surface area contributed by atoms with Gasteiger partial charge < -0.3 is 4.74 Å². The maximum Gasteiger partial charge on any atom is 0.264 e. The summed E-state index contributed by atoms with van der Waals surface area (Å²) in [6, 6.07) is 11.8. The van der Waals surface area contributed by atoms with Gasteiger partial charge in [0.2, 0.25) is 0 Å². The van der Waals surface area contributed by atoms with Crippen LogP contribution in [0.15, 0.2) is 52.3 Å². The van der Waals surface area contributed by atoms with Crippen molar-refractivity contribution in [2.24, 2.45) is 11.8 Å². The molecule has 1 heterocycles. The second kappa shape index (κ2) is 12.1. The average Bonchev–Trinajstić information content (AvgIpc) is 3.04. The van der Waals surface area contributed by atoms with E-state index in [2.05, 4.69) is 0 Å². The molecule has 1 fully saturated rings. The fourth-order valence-electron chi connectivity index (χ4n) is 4.22. The third kappa shape index (κ3) is 7.32. The standard InChI is InChI=1S/C26H38N2O5S3/c1-5-21-8-10-23(11-9-21)28(18-20(2)3)36(31,32)24-12-13-25(26(17-24)35(4,27)30)33-19-22-7-6-15-34(29)16-14-22/h8-13,17,20,22,27H,5-7,14-16,18-19H2,1-4H3. The first-order valence-electron chi connectivity index (χ1n) is 12.4. The van der Waals surface area contributed by atoms with Gasteiger partial charge in [0.15, 0.2) is 0 Å². The molecule has 200 valence electrons. The lowest BCUT2D eigenvalue weighted by Crippen LogP contribution is -2.34. The van der Waals surface area contributed by atoms with Crippen LogP contribution in [-0.4, -0.2) is 47.7 Å². The van der Waals surface area contributed by atoms with E-state index in [1.807, 2.05) is 45.0 Å².